The first-order valence-electron chi connectivity index (χ1n) is 3.37. The van der Waals surface area contributed by atoms with Crippen LogP contribution in [-0.4, -0.2) is 14.3 Å². The monoisotopic (exact) mass is 231 g/mol. The first kappa shape index (κ1) is 8.87. The van der Waals surface area contributed by atoms with Gasteiger partial charge >= 0.3 is 0 Å². The van der Waals surface area contributed by atoms with Crippen LogP contribution in [0.1, 0.15) is 0 Å². The summed E-state index contributed by atoms with van der Waals surface area (Å²) in [5, 5.41) is 0.525. The van der Waals surface area contributed by atoms with Crippen LogP contribution < -0.4 is 0 Å². The van der Waals surface area contributed by atoms with Crippen molar-refractivity contribution in [3.63, 3.8) is 0 Å². The van der Waals surface area contributed by atoms with Gasteiger partial charge in [-0.15, -0.1) is 0 Å². The van der Waals surface area contributed by atoms with Gasteiger partial charge in [-0.1, -0.05) is 11.6 Å². The lowest BCUT2D eigenvalue weighted by atomic mass is 10.3. The predicted molar refractivity (Wildman–Crippen MR) is 53.2 cm³/mol. The highest BCUT2D eigenvalue weighted by Gasteiger charge is 2.09. The standard InChI is InChI=1S/C7H3Cl2N3S/c8-4-2-1-3-10-5(4)6-11-7(9)13-12-6/h1-3H. The number of rotatable bonds is 1. The van der Waals surface area contributed by atoms with Crippen molar-refractivity contribution in [3.05, 3.63) is 27.8 Å². The summed E-state index contributed by atoms with van der Waals surface area (Å²) in [5.74, 6) is 0.473. The largest absolute Gasteiger partial charge is 0.251 e. The Kier molecular flexibility index (Phi) is 2.44. The molecule has 0 aliphatic carbocycles. The summed E-state index contributed by atoms with van der Waals surface area (Å²) in [7, 11) is 0. The van der Waals surface area contributed by atoms with Crippen LogP contribution in [0.5, 0.6) is 0 Å². The first-order valence-corrected chi connectivity index (χ1v) is 4.90. The second kappa shape index (κ2) is 3.57. The third-order valence-electron chi connectivity index (χ3n) is 1.37. The molecule has 0 aliphatic heterocycles. The average molecular weight is 232 g/mol. The van der Waals surface area contributed by atoms with E-state index in [4.69, 9.17) is 23.2 Å². The zero-order valence-electron chi connectivity index (χ0n) is 6.24. The van der Waals surface area contributed by atoms with Crippen molar-refractivity contribution in [2.24, 2.45) is 0 Å². The van der Waals surface area contributed by atoms with E-state index < -0.39 is 0 Å². The second-order valence-electron chi connectivity index (χ2n) is 2.20. The SMILES string of the molecule is Clc1nc(-c2ncccc2Cl)ns1. The summed E-state index contributed by atoms with van der Waals surface area (Å²) in [4.78, 5) is 8.02. The van der Waals surface area contributed by atoms with Gasteiger partial charge in [0.2, 0.25) is 4.47 Å². The fourth-order valence-electron chi connectivity index (χ4n) is 0.851. The molecule has 2 heterocycles. The fourth-order valence-corrected chi connectivity index (χ4v) is 1.66. The molecule has 0 aromatic carbocycles. The van der Waals surface area contributed by atoms with Gasteiger partial charge in [0.1, 0.15) is 5.69 Å². The predicted octanol–water partition coefficient (Wildman–Crippen LogP) is 2.91. The lowest BCUT2D eigenvalue weighted by molar-refractivity contribution is 1.23. The Morgan fingerprint density at radius 1 is 1.31 bits per heavy atom. The van der Waals surface area contributed by atoms with E-state index in [2.05, 4.69) is 14.3 Å². The zero-order valence-corrected chi connectivity index (χ0v) is 8.57. The number of nitrogens with zero attached hydrogens (tertiary/aromatic N) is 3. The molecule has 0 amide bonds. The van der Waals surface area contributed by atoms with Crippen molar-refractivity contribution < 1.29 is 0 Å². The van der Waals surface area contributed by atoms with Crippen molar-refractivity contribution in [1.29, 1.82) is 0 Å². The number of hydrogen-bond acceptors (Lipinski definition) is 4. The van der Waals surface area contributed by atoms with Gasteiger partial charge < -0.3 is 0 Å². The van der Waals surface area contributed by atoms with Crippen molar-refractivity contribution in [3.8, 4) is 11.5 Å². The normalized spacial score (nSPS) is 10.3. The molecule has 66 valence electrons. The third-order valence-corrected chi connectivity index (χ3v) is 2.47. The third kappa shape index (κ3) is 1.80. The van der Waals surface area contributed by atoms with Gasteiger partial charge in [-0.05, 0) is 35.3 Å². The maximum atomic E-state index is 5.89. The Hall–Kier alpha value is -0.710. The molecule has 0 radical (unpaired) electrons. The van der Waals surface area contributed by atoms with Crippen molar-refractivity contribution in [2.45, 2.75) is 0 Å². The van der Waals surface area contributed by atoms with Gasteiger partial charge in [-0.3, -0.25) is 4.98 Å². The van der Waals surface area contributed by atoms with E-state index in [9.17, 15) is 0 Å². The molecule has 6 heteroatoms. The average Bonchev–Trinajstić information content (AvgIpc) is 2.53. The van der Waals surface area contributed by atoms with E-state index in [0.717, 1.165) is 11.5 Å². The van der Waals surface area contributed by atoms with E-state index in [1.165, 1.54) is 0 Å². The molecule has 0 saturated carbocycles. The fraction of sp³-hybridized carbons (Fsp3) is 0. The minimum atomic E-state index is 0.386. The van der Waals surface area contributed by atoms with Gasteiger partial charge in [0.15, 0.2) is 5.82 Å². The van der Waals surface area contributed by atoms with Crippen molar-refractivity contribution in [2.75, 3.05) is 0 Å². The first-order chi connectivity index (χ1) is 6.27. The Bertz CT molecular complexity index is 429. The topological polar surface area (TPSA) is 38.7 Å². The van der Waals surface area contributed by atoms with Crippen LogP contribution >= 0.6 is 34.7 Å². The van der Waals surface area contributed by atoms with Gasteiger partial charge in [-0.2, -0.15) is 4.37 Å². The molecule has 0 atom stereocenters. The molecule has 0 bridgehead atoms. The number of aromatic nitrogens is 3. The molecular weight excluding hydrogens is 229 g/mol. The Morgan fingerprint density at radius 3 is 2.77 bits per heavy atom. The van der Waals surface area contributed by atoms with Crippen LogP contribution in [0.2, 0.25) is 9.49 Å². The molecule has 0 aliphatic rings. The molecule has 2 rings (SSSR count). The summed E-state index contributed by atoms with van der Waals surface area (Å²) in [6.45, 7) is 0. The quantitative estimate of drug-likeness (QED) is 0.758. The van der Waals surface area contributed by atoms with Crippen LogP contribution in [0.3, 0.4) is 0 Å². The molecule has 3 nitrogen and oxygen atoms in total. The number of halogens is 2. The summed E-state index contributed by atoms with van der Waals surface area (Å²) >= 11 is 12.6. The number of pyridine rings is 1. The number of hydrogen-bond donors (Lipinski definition) is 0. The van der Waals surface area contributed by atoms with E-state index in [0.29, 0.717) is 21.0 Å². The molecule has 0 spiro atoms. The maximum absolute atomic E-state index is 5.89. The van der Waals surface area contributed by atoms with Gasteiger partial charge in [0.05, 0.1) is 5.02 Å². The minimum Gasteiger partial charge on any atom is -0.251 e. The highest BCUT2D eigenvalue weighted by molar-refractivity contribution is 7.10. The van der Waals surface area contributed by atoms with Crippen LogP contribution in [-0.2, 0) is 0 Å². The zero-order chi connectivity index (χ0) is 9.26. The summed E-state index contributed by atoms with van der Waals surface area (Å²) in [6.07, 6.45) is 1.64. The molecule has 0 fully saturated rings. The summed E-state index contributed by atoms with van der Waals surface area (Å²) < 4.78 is 4.38. The highest BCUT2D eigenvalue weighted by atomic mass is 35.5. The van der Waals surface area contributed by atoms with E-state index in [1.54, 1.807) is 18.3 Å². The van der Waals surface area contributed by atoms with E-state index in [-0.39, 0.29) is 0 Å². The lowest BCUT2D eigenvalue weighted by Crippen LogP contribution is -1.85. The van der Waals surface area contributed by atoms with Crippen molar-refractivity contribution in [1.82, 2.24) is 14.3 Å². The molecule has 0 saturated heterocycles. The molecular formula is C7H3Cl2N3S. The van der Waals surface area contributed by atoms with Crippen LogP contribution in [0.15, 0.2) is 18.3 Å². The minimum absolute atomic E-state index is 0.386. The van der Waals surface area contributed by atoms with E-state index >= 15 is 0 Å². The van der Waals surface area contributed by atoms with Crippen LogP contribution in [0.4, 0.5) is 0 Å². The molecule has 13 heavy (non-hydrogen) atoms. The lowest BCUT2D eigenvalue weighted by Gasteiger charge is -1.95. The highest BCUT2D eigenvalue weighted by Crippen LogP contribution is 2.24. The smallest absolute Gasteiger partial charge is 0.203 e. The Labute approximate surface area is 88.5 Å². The molecule has 2 aromatic rings. The second-order valence-corrected chi connectivity index (χ2v) is 3.95. The van der Waals surface area contributed by atoms with E-state index in [1.807, 2.05) is 0 Å². The Balaban J connectivity index is 2.52. The van der Waals surface area contributed by atoms with Gasteiger partial charge in [-0.25, -0.2) is 4.98 Å². The molecule has 0 N–H and O–H groups in total. The molecule has 0 unspecified atom stereocenters. The van der Waals surface area contributed by atoms with Gasteiger partial charge in [0.25, 0.3) is 0 Å². The van der Waals surface area contributed by atoms with Gasteiger partial charge in [0, 0.05) is 6.20 Å². The van der Waals surface area contributed by atoms with Crippen LogP contribution in [0, 0.1) is 0 Å². The summed E-state index contributed by atoms with van der Waals surface area (Å²) in [6, 6.07) is 3.48. The maximum Gasteiger partial charge on any atom is 0.203 e. The van der Waals surface area contributed by atoms with Crippen molar-refractivity contribution >= 4 is 34.7 Å². The Morgan fingerprint density at radius 2 is 2.15 bits per heavy atom. The summed E-state index contributed by atoms with van der Waals surface area (Å²) in [5.41, 5.74) is 0.562. The molecule has 2 aromatic heterocycles. The van der Waals surface area contributed by atoms with Crippen LogP contribution in [0.25, 0.3) is 11.5 Å².